The predicted molar refractivity (Wildman–Crippen MR) is 74.9 cm³/mol. The van der Waals surface area contributed by atoms with Crippen molar-refractivity contribution in [3.63, 3.8) is 0 Å². The number of carbonyl (C=O) groups is 1. The molecule has 0 aliphatic carbocycles. The van der Waals surface area contributed by atoms with E-state index in [0.717, 1.165) is 31.5 Å². The Morgan fingerprint density at radius 2 is 2.11 bits per heavy atom. The summed E-state index contributed by atoms with van der Waals surface area (Å²) < 4.78 is 0. The molecule has 5 heteroatoms. The average molecular weight is 263 g/mol. The first-order valence-corrected chi connectivity index (χ1v) is 6.61. The molecule has 0 unspecified atom stereocenters. The van der Waals surface area contributed by atoms with Crippen LogP contribution in [0.5, 0.6) is 0 Å². The number of hydrogen-bond donors (Lipinski definition) is 1. The Morgan fingerprint density at radius 3 is 2.68 bits per heavy atom. The lowest BCUT2D eigenvalue weighted by molar-refractivity contribution is 0.0696. The molecule has 0 amide bonds. The first kappa shape index (κ1) is 13.8. The van der Waals surface area contributed by atoms with E-state index < -0.39 is 5.97 Å². The number of pyridine rings is 1. The molecule has 1 aliphatic rings. The minimum atomic E-state index is -0.902. The highest BCUT2D eigenvalue weighted by Crippen LogP contribution is 2.25. The van der Waals surface area contributed by atoms with E-state index in [1.165, 1.54) is 0 Å². The van der Waals surface area contributed by atoms with E-state index in [9.17, 15) is 9.90 Å². The smallest absolute Gasteiger partial charge is 0.339 e. The number of carboxylic acids is 1. The molecule has 1 saturated heterocycles. The number of piperidine rings is 1. The molecule has 2 heterocycles. The van der Waals surface area contributed by atoms with E-state index in [1.807, 2.05) is 18.9 Å². The number of carboxylic acid groups (broad SMARTS) is 1. The van der Waals surface area contributed by atoms with E-state index >= 15 is 0 Å². The van der Waals surface area contributed by atoms with Crippen LogP contribution in [0.3, 0.4) is 0 Å². The quantitative estimate of drug-likeness (QED) is 0.898. The molecule has 0 aromatic carbocycles. The van der Waals surface area contributed by atoms with Gasteiger partial charge >= 0.3 is 5.97 Å². The summed E-state index contributed by atoms with van der Waals surface area (Å²) >= 11 is 0. The normalized spacial score (nSPS) is 17.4. The number of aromatic carboxylic acids is 1. The molecular weight excluding hydrogens is 242 g/mol. The van der Waals surface area contributed by atoms with Gasteiger partial charge in [-0.2, -0.15) is 0 Å². The van der Waals surface area contributed by atoms with E-state index in [4.69, 9.17) is 0 Å². The van der Waals surface area contributed by atoms with Crippen LogP contribution in [0.4, 0.5) is 5.82 Å². The molecule has 5 nitrogen and oxygen atoms in total. The second-order valence-corrected chi connectivity index (χ2v) is 5.28. The Morgan fingerprint density at radius 1 is 1.47 bits per heavy atom. The van der Waals surface area contributed by atoms with Crippen molar-refractivity contribution in [3.8, 4) is 0 Å². The summed E-state index contributed by atoms with van der Waals surface area (Å²) in [6.45, 7) is 3.91. The summed E-state index contributed by atoms with van der Waals surface area (Å²) in [5.74, 6) is -0.317. The van der Waals surface area contributed by atoms with Crippen LogP contribution in [0.25, 0.3) is 0 Å². The van der Waals surface area contributed by atoms with E-state index in [2.05, 4.69) is 16.9 Å². The number of likely N-dealkylation sites (tertiary alicyclic amines) is 1. The van der Waals surface area contributed by atoms with Crippen molar-refractivity contribution in [2.75, 3.05) is 32.1 Å². The summed E-state index contributed by atoms with van der Waals surface area (Å²) in [6, 6.07) is 2.11. The van der Waals surface area contributed by atoms with Crippen molar-refractivity contribution in [1.82, 2.24) is 9.88 Å². The van der Waals surface area contributed by atoms with Gasteiger partial charge in [0.15, 0.2) is 0 Å². The molecule has 1 aromatic rings. The molecule has 104 valence electrons. The maximum Gasteiger partial charge on any atom is 0.339 e. The topological polar surface area (TPSA) is 56.7 Å². The number of aromatic nitrogens is 1. The number of nitrogens with zero attached hydrogens (tertiary/aromatic N) is 3. The highest BCUT2D eigenvalue weighted by molar-refractivity contribution is 5.94. The van der Waals surface area contributed by atoms with Gasteiger partial charge in [-0.1, -0.05) is 0 Å². The summed E-state index contributed by atoms with van der Waals surface area (Å²) in [4.78, 5) is 20.0. The van der Waals surface area contributed by atoms with Gasteiger partial charge in [-0.25, -0.2) is 9.78 Å². The Kier molecular flexibility index (Phi) is 4.04. The number of rotatable bonds is 3. The zero-order valence-electron chi connectivity index (χ0n) is 11.8. The van der Waals surface area contributed by atoms with Crippen molar-refractivity contribution < 1.29 is 9.90 Å². The van der Waals surface area contributed by atoms with E-state index in [-0.39, 0.29) is 0 Å². The Bertz CT molecular complexity index is 468. The van der Waals surface area contributed by atoms with Crippen LogP contribution in [-0.4, -0.2) is 54.2 Å². The summed E-state index contributed by atoms with van der Waals surface area (Å²) in [5.41, 5.74) is 1.08. The van der Waals surface area contributed by atoms with Crippen LogP contribution in [-0.2, 0) is 0 Å². The number of aryl methyl sites for hydroxylation is 1. The third kappa shape index (κ3) is 2.87. The van der Waals surface area contributed by atoms with Gasteiger partial charge in [0.25, 0.3) is 0 Å². The van der Waals surface area contributed by atoms with Gasteiger partial charge in [0, 0.05) is 19.3 Å². The predicted octanol–water partition coefficient (Wildman–Crippen LogP) is 1.62. The van der Waals surface area contributed by atoms with E-state index in [0.29, 0.717) is 17.4 Å². The molecule has 1 aromatic heterocycles. The van der Waals surface area contributed by atoms with Gasteiger partial charge in [0.2, 0.25) is 0 Å². The van der Waals surface area contributed by atoms with Gasteiger partial charge in [0.1, 0.15) is 11.4 Å². The summed E-state index contributed by atoms with van der Waals surface area (Å²) in [6.07, 6.45) is 3.77. The lowest BCUT2D eigenvalue weighted by Crippen LogP contribution is -2.42. The lowest BCUT2D eigenvalue weighted by atomic mass is 10.0. The third-order valence-corrected chi connectivity index (χ3v) is 3.92. The van der Waals surface area contributed by atoms with Gasteiger partial charge < -0.3 is 14.9 Å². The van der Waals surface area contributed by atoms with Gasteiger partial charge in [-0.3, -0.25) is 0 Å². The third-order valence-electron chi connectivity index (χ3n) is 3.92. The van der Waals surface area contributed by atoms with Crippen molar-refractivity contribution in [2.24, 2.45) is 0 Å². The summed E-state index contributed by atoms with van der Waals surface area (Å²) in [7, 11) is 4.06. The second kappa shape index (κ2) is 5.57. The fraction of sp³-hybridized carbons (Fsp3) is 0.571. The van der Waals surface area contributed by atoms with E-state index in [1.54, 1.807) is 12.3 Å². The average Bonchev–Trinajstić information content (AvgIpc) is 2.38. The molecule has 2 rings (SSSR count). The SMILES string of the molecule is Cc1ccnc(N(C)C2CCN(C)CC2)c1C(=O)O. The molecule has 1 fully saturated rings. The zero-order valence-corrected chi connectivity index (χ0v) is 11.8. The van der Waals surface area contributed by atoms with Gasteiger partial charge in [-0.05, 0) is 51.5 Å². The molecule has 0 radical (unpaired) electrons. The number of anilines is 1. The second-order valence-electron chi connectivity index (χ2n) is 5.28. The summed E-state index contributed by atoms with van der Waals surface area (Å²) in [5, 5.41) is 9.36. The van der Waals surface area contributed by atoms with Crippen LogP contribution < -0.4 is 4.90 Å². The molecule has 1 aliphatic heterocycles. The van der Waals surface area contributed by atoms with Crippen LogP contribution >= 0.6 is 0 Å². The molecule has 0 atom stereocenters. The minimum absolute atomic E-state index is 0.323. The fourth-order valence-electron chi connectivity index (χ4n) is 2.63. The lowest BCUT2D eigenvalue weighted by Gasteiger charge is -2.36. The van der Waals surface area contributed by atoms with Crippen molar-refractivity contribution in [3.05, 3.63) is 23.4 Å². The van der Waals surface area contributed by atoms with Crippen molar-refractivity contribution >= 4 is 11.8 Å². The van der Waals surface area contributed by atoms with Crippen molar-refractivity contribution in [1.29, 1.82) is 0 Å². The zero-order chi connectivity index (χ0) is 14.0. The van der Waals surface area contributed by atoms with Crippen molar-refractivity contribution in [2.45, 2.75) is 25.8 Å². The molecule has 19 heavy (non-hydrogen) atoms. The highest BCUT2D eigenvalue weighted by Gasteiger charge is 2.25. The van der Waals surface area contributed by atoms with Gasteiger partial charge in [-0.15, -0.1) is 0 Å². The van der Waals surface area contributed by atoms with Crippen LogP contribution in [0.15, 0.2) is 12.3 Å². The Labute approximate surface area is 113 Å². The first-order chi connectivity index (χ1) is 9.00. The first-order valence-electron chi connectivity index (χ1n) is 6.61. The Hall–Kier alpha value is -1.62. The monoisotopic (exact) mass is 263 g/mol. The minimum Gasteiger partial charge on any atom is -0.478 e. The highest BCUT2D eigenvalue weighted by atomic mass is 16.4. The standard InChI is InChI=1S/C14H21N3O2/c1-10-4-7-15-13(12(10)14(18)19)17(3)11-5-8-16(2)9-6-11/h4,7,11H,5-6,8-9H2,1-3H3,(H,18,19). The maximum absolute atomic E-state index is 11.4. The molecule has 0 bridgehead atoms. The molecule has 1 N–H and O–H groups in total. The maximum atomic E-state index is 11.4. The molecule has 0 spiro atoms. The Balaban J connectivity index is 2.26. The molecular formula is C14H21N3O2. The fourth-order valence-corrected chi connectivity index (χ4v) is 2.63. The van der Waals surface area contributed by atoms with Crippen LogP contribution in [0.1, 0.15) is 28.8 Å². The van der Waals surface area contributed by atoms with Crippen LogP contribution in [0, 0.1) is 6.92 Å². The largest absolute Gasteiger partial charge is 0.478 e. The molecule has 0 saturated carbocycles. The number of hydrogen-bond acceptors (Lipinski definition) is 4. The van der Waals surface area contributed by atoms with Gasteiger partial charge in [0.05, 0.1) is 0 Å². The van der Waals surface area contributed by atoms with Crippen LogP contribution in [0.2, 0.25) is 0 Å².